The van der Waals surface area contributed by atoms with Crippen LogP contribution in [0.1, 0.15) is 16.5 Å². The third-order valence-electron chi connectivity index (χ3n) is 3.07. The summed E-state index contributed by atoms with van der Waals surface area (Å²) in [5.74, 6) is 2.24. The molecule has 0 aliphatic heterocycles. The van der Waals surface area contributed by atoms with Crippen molar-refractivity contribution in [2.75, 3.05) is 7.11 Å². The molecule has 0 radical (unpaired) electrons. The minimum absolute atomic E-state index is 0.246. The van der Waals surface area contributed by atoms with Gasteiger partial charge in [0.25, 0.3) is 5.89 Å². The molecule has 0 aliphatic carbocycles. The first kappa shape index (κ1) is 15.8. The van der Waals surface area contributed by atoms with Gasteiger partial charge in [-0.2, -0.15) is 4.98 Å². The molecule has 2 heterocycles. The Labute approximate surface area is 140 Å². The largest absolute Gasteiger partial charge is 0.497 e. The Morgan fingerprint density at radius 2 is 2.00 bits per heavy atom. The van der Waals surface area contributed by atoms with E-state index in [0.717, 1.165) is 22.0 Å². The van der Waals surface area contributed by atoms with E-state index in [1.165, 1.54) is 0 Å². The lowest BCUT2D eigenvalue weighted by atomic mass is 10.2. The van der Waals surface area contributed by atoms with Gasteiger partial charge in [0.1, 0.15) is 5.75 Å². The molecule has 0 aliphatic rings. The molecular formula is C15H15N3O3S2. The lowest BCUT2D eigenvalue weighted by Gasteiger charge is -1.98. The van der Waals surface area contributed by atoms with Crippen LogP contribution in [0, 0.1) is 6.92 Å². The van der Waals surface area contributed by atoms with Gasteiger partial charge in [-0.1, -0.05) is 5.16 Å². The lowest BCUT2D eigenvalue weighted by molar-refractivity contribution is 0.414. The topological polar surface area (TPSA) is 78.1 Å². The molecule has 1 atom stereocenters. The van der Waals surface area contributed by atoms with Crippen LogP contribution in [0.5, 0.6) is 5.75 Å². The van der Waals surface area contributed by atoms with Crippen molar-refractivity contribution in [2.45, 2.75) is 18.4 Å². The molecule has 1 aromatic carbocycles. The summed E-state index contributed by atoms with van der Waals surface area (Å²) in [6, 6.07) is 7.32. The van der Waals surface area contributed by atoms with Gasteiger partial charge < -0.3 is 9.26 Å². The van der Waals surface area contributed by atoms with Crippen LogP contribution < -0.4 is 4.74 Å². The minimum atomic E-state index is -1.12. The predicted octanol–water partition coefficient (Wildman–Crippen LogP) is 2.96. The minimum Gasteiger partial charge on any atom is -0.497 e. The second kappa shape index (κ2) is 7.01. The van der Waals surface area contributed by atoms with Crippen molar-refractivity contribution in [3.8, 4) is 17.2 Å². The number of methoxy groups -OCH3 is 1. The van der Waals surface area contributed by atoms with Crippen LogP contribution in [0.4, 0.5) is 0 Å². The fourth-order valence-electron chi connectivity index (χ4n) is 2.00. The standard InChI is InChI=1S/C15H15N3O3S2/c1-10-16-12(7-22-10)8-23(19)9-14-17-15(21-18-14)11-3-5-13(20-2)6-4-11/h3-7H,8-9H2,1-2H3. The van der Waals surface area contributed by atoms with Crippen LogP contribution >= 0.6 is 11.3 Å². The molecule has 6 nitrogen and oxygen atoms in total. The highest BCUT2D eigenvalue weighted by Crippen LogP contribution is 2.21. The first-order chi connectivity index (χ1) is 11.1. The fraction of sp³-hybridized carbons (Fsp3) is 0.267. The average molecular weight is 349 g/mol. The van der Waals surface area contributed by atoms with Crippen molar-refractivity contribution in [3.63, 3.8) is 0 Å². The fourth-order valence-corrected chi connectivity index (χ4v) is 3.70. The zero-order valence-corrected chi connectivity index (χ0v) is 14.3. The molecule has 2 aromatic heterocycles. The maximum Gasteiger partial charge on any atom is 0.257 e. The second-order valence-corrected chi connectivity index (χ2v) is 7.35. The van der Waals surface area contributed by atoms with Crippen molar-refractivity contribution in [1.29, 1.82) is 0 Å². The Morgan fingerprint density at radius 1 is 1.22 bits per heavy atom. The summed E-state index contributed by atoms with van der Waals surface area (Å²) in [6.07, 6.45) is 0. The van der Waals surface area contributed by atoms with Gasteiger partial charge in [0.15, 0.2) is 5.82 Å². The third-order valence-corrected chi connectivity index (χ3v) is 5.09. The van der Waals surface area contributed by atoms with Crippen LogP contribution in [0.2, 0.25) is 0 Å². The number of nitrogens with zero attached hydrogens (tertiary/aromatic N) is 3. The maximum absolute atomic E-state index is 12.2. The van der Waals surface area contributed by atoms with Gasteiger partial charge in [-0.3, -0.25) is 4.21 Å². The lowest BCUT2D eigenvalue weighted by Crippen LogP contribution is -2.01. The zero-order chi connectivity index (χ0) is 16.2. The normalized spacial score (nSPS) is 12.3. The van der Waals surface area contributed by atoms with E-state index >= 15 is 0 Å². The van der Waals surface area contributed by atoms with Gasteiger partial charge in [-0.25, -0.2) is 4.98 Å². The summed E-state index contributed by atoms with van der Waals surface area (Å²) < 4.78 is 22.5. The molecule has 0 bridgehead atoms. The number of rotatable bonds is 6. The Morgan fingerprint density at radius 3 is 2.65 bits per heavy atom. The molecule has 23 heavy (non-hydrogen) atoms. The molecule has 0 N–H and O–H groups in total. The van der Waals surface area contributed by atoms with E-state index in [0.29, 0.717) is 17.5 Å². The van der Waals surface area contributed by atoms with E-state index in [2.05, 4.69) is 15.1 Å². The van der Waals surface area contributed by atoms with E-state index in [4.69, 9.17) is 9.26 Å². The summed E-state index contributed by atoms with van der Waals surface area (Å²) >= 11 is 1.55. The van der Waals surface area contributed by atoms with Gasteiger partial charge in [0.2, 0.25) is 0 Å². The Balaban J connectivity index is 1.65. The SMILES string of the molecule is COc1ccc(-c2nc(CS(=O)Cc3csc(C)n3)no2)cc1. The second-order valence-electron chi connectivity index (χ2n) is 4.83. The van der Waals surface area contributed by atoms with Crippen LogP contribution in [0.25, 0.3) is 11.5 Å². The van der Waals surface area contributed by atoms with Gasteiger partial charge in [0, 0.05) is 21.7 Å². The molecule has 0 saturated carbocycles. The number of hydrogen-bond donors (Lipinski definition) is 0. The van der Waals surface area contributed by atoms with E-state index in [1.54, 1.807) is 18.4 Å². The molecule has 0 saturated heterocycles. The van der Waals surface area contributed by atoms with Gasteiger partial charge in [-0.15, -0.1) is 11.3 Å². The average Bonchev–Trinajstić information content (AvgIpc) is 3.16. The molecule has 1 unspecified atom stereocenters. The Hall–Kier alpha value is -2.06. The Kier molecular flexibility index (Phi) is 4.82. The highest BCUT2D eigenvalue weighted by molar-refractivity contribution is 7.83. The number of benzene rings is 1. The zero-order valence-electron chi connectivity index (χ0n) is 12.7. The van der Waals surface area contributed by atoms with Crippen LogP contribution in [0.3, 0.4) is 0 Å². The number of ether oxygens (including phenoxy) is 1. The van der Waals surface area contributed by atoms with E-state index in [-0.39, 0.29) is 5.75 Å². The molecular weight excluding hydrogens is 334 g/mol. The summed E-state index contributed by atoms with van der Waals surface area (Å²) in [5.41, 5.74) is 1.63. The van der Waals surface area contributed by atoms with E-state index in [1.807, 2.05) is 36.6 Å². The molecule has 3 aromatic rings. The highest BCUT2D eigenvalue weighted by Gasteiger charge is 2.13. The van der Waals surface area contributed by atoms with Gasteiger partial charge in [-0.05, 0) is 31.2 Å². The van der Waals surface area contributed by atoms with Crippen molar-refractivity contribution in [3.05, 3.63) is 46.2 Å². The number of aromatic nitrogens is 3. The number of thiazole rings is 1. The van der Waals surface area contributed by atoms with Crippen molar-refractivity contribution in [1.82, 2.24) is 15.1 Å². The summed E-state index contributed by atoms with van der Waals surface area (Å²) in [6.45, 7) is 1.93. The predicted molar refractivity (Wildman–Crippen MR) is 88.7 cm³/mol. The number of hydrogen-bond acceptors (Lipinski definition) is 7. The van der Waals surface area contributed by atoms with Crippen LogP contribution in [0.15, 0.2) is 34.2 Å². The summed E-state index contributed by atoms with van der Waals surface area (Å²) in [4.78, 5) is 8.60. The van der Waals surface area contributed by atoms with Crippen molar-refractivity contribution < 1.29 is 13.5 Å². The van der Waals surface area contributed by atoms with Crippen LogP contribution in [-0.4, -0.2) is 26.4 Å². The Bertz CT molecular complexity index is 811. The molecule has 8 heteroatoms. The molecule has 120 valence electrons. The molecule has 0 spiro atoms. The van der Waals surface area contributed by atoms with Gasteiger partial charge in [0.05, 0.1) is 29.3 Å². The van der Waals surface area contributed by atoms with E-state index in [9.17, 15) is 4.21 Å². The van der Waals surface area contributed by atoms with Crippen molar-refractivity contribution >= 4 is 22.1 Å². The van der Waals surface area contributed by atoms with Gasteiger partial charge >= 0.3 is 0 Å². The van der Waals surface area contributed by atoms with Crippen LogP contribution in [-0.2, 0) is 22.3 Å². The smallest absolute Gasteiger partial charge is 0.257 e. The third kappa shape index (κ3) is 4.02. The monoisotopic (exact) mass is 349 g/mol. The summed E-state index contributed by atoms with van der Waals surface area (Å²) in [5, 5.41) is 6.79. The highest BCUT2D eigenvalue weighted by atomic mass is 32.2. The molecule has 0 amide bonds. The van der Waals surface area contributed by atoms with E-state index < -0.39 is 10.8 Å². The van der Waals surface area contributed by atoms with Crippen molar-refractivity contribution in [2.24, 2.45) is 0 Å². The first-order valence-corrected chi connectivity index (χ1v) is 9.24. The molecule has 3 rings (SSSR count). The quantitative estimate of drug-likeness (QED) is 0.681. The number of aryl methyl sites for hydroxylation is 1. The summed E-state index contributed by atoms with van der Waals surface area (Å²) in [7, 11) is 0.492. The molecule has 0 fully saturated rings. The maximum atomic E-state index is 12.2. The first-order valence-electron chi connectivity index (χ1n) is 6.87.